The molecule has 0 aliphatic rings. The molecule has 0 aromatic carbocycles. The van der Waals surface area contributed by atoms with Crippen LogP contribution in [0.15, 0.2) is 0 Å². The highest BCUT2D eigenvalue weighted by Gasteiger charge is 1.61. The molecule has 0 fully saturated rings. The van der Waals surface area contributed by atoms with Crippen LogP contribution in [-0.2, 0) is 0 Å². The first-order valence-corrected chi connectivity index (χ1v) is 1.55. The molecule has 0 atom stereocenters. The van der Waals surface area contributed by atoms with Crippen molar-refractivity contribution in [1.29, 1.82) is 0 Å². The minimum absolute atomic E-state index is 0. The van der Waals surface area contributed by atoms with Crippen LogP contribution in [0.2, 0.25) is 0 Å². The fraction of sp³-hybridized carbons (Fsp3) is 0. The molecule has 0 aliphatic carbocycles. The van der Waals surface area contributed by atoms with Crippen LogP contribution in [0, 0.1) is 0 Å². The monoisotopic (exact) mass is 78.0 g/mol. The number of rotatable bonds is 0. The molecular weight excluding hydrogens is 73.0 g/mol. The zero-order chi connectivity index (χ0) is 2.71. The van der Waals surface area contributed by atoms with E-state index in [2.05, 4.69) is 0 Å². The van der Waals surface area contributed by atoms with Gasteiger partial charge in [0.2, 0.25) is 0 Å². The molecule has 0 saturated heterocycles. The van der Waals surface area contributed by atoms with E-state index in [0.29, 0.717) is 0 Å². The molecule has 0 aromatic rings. The van der Waals surface area contributed by atoms with Crippen LogP contribution in [0.5, 0.6) is 0 Å². The predicted molar refractivity (Wildman–Crippen MR) is 15.2 cm³/mol. The average Bonchev–Trinajstić information content (AvgIpc) is 0.918. The molecule has 0 rings (SSSR count). The summed E-state index contributed by atoms with van der Waals surface area (Å²) in [5.74, 6) is 0. The maximum Gasteiger partial charge on any atom is 0.662 e. The highest BCUT2D eigenvalue weighted by atomic mass is 27.2. The van der Waals surface area contributed by atoms with Gasteiger partial charge in [-0.25, -0.2) is 0 Å². The highest BCUT2D eigenvalue weighted by Crippen LogP contribution is 1.08. The van der Waals surface area contributed by atoms with Gasteiger partial charge in [0.1, 0.15) is 0 Å². The van der Waals surface area contributed by atoms with Crippen LogP contribution in [-0.4, -0.2) is 24.2 Å². The van der Waals surface area contributed by atoms with E-state index in [4.69, 9.17) is 8.32 Å². The van der Waals surface area contributed by atoms with Gasteiger partial charge in [0.25, 0.3) is 0 Å². The van der Waals surface area contributed by atoms with Crippen molar-refractivity contribution in [2.24, 2.45) is 0 Å². The van der Waals surface area contributed by atoms with E-state index < -0.39 is 15.9 Å². The van der Waals surface area contributed by atoms with Crippen molar-refractivity contribution < 1.29 is 8.32 Å². The summed E-state index contributed by atoms with van der Waals surface area (Å²) in [7, 11) is 0. The molecule has 0 spiro atoms. The van der Waals surface area contributed by atoms with E-state index in [9.17, 15) is 0 Å². The lowest BCUT2D eigenvalue weighted by atomic mass is 14.0. The Morgan fingerprint density at radius 3 is 1.25 bits per heavy atom. The van der Waals surface area contributed by atoms with Crippen LogP contribution in [0.4, 0.5) is 0 Å². The molecule has 0 aromatic heterocycles. The number of hydrogen-bond donors (Lipinski definition) is 3. The van der Waals surface area contributed by atoms with Gasteiger partial charge in [0.15, 0.2) is 0 Å². The van der Waals surface area contributed by atoms with Gasteiger partial charge in [-0.05, 0) is 0 Å². The summed E-state index contributed by atoms with van der Waals surface area (Å²) in [4.78, 5) is 0. The summed E-state index contributed by atoms with van der Waals surface area (Å²) >= 11 is -1.25. The largest absolute Gasteiger partial charge is 0.662 e. The first-order valence-electron chi connectivity index (χ1n) is 0.516. The molecule has 0 heterocycles. The van der Waals surface area contributed by atoms with Gasteiger partial charge in [0.05, 0.1) is 0 Å². The van der Waals surface area contributed by atoms with Crippen molar-refractivity contribution >= 4 is 15.9 Å². The average molecular weight is 78.0 g/mol. The zero-order valence-corrected chi connectivity index (χ0v) is 3.33. The summed E-state index contributed by atoms with van der Waals surface area (Å²) in [5, 5.41) is 0. The second-order valence-corrected chi connectivity index (χ2v) is 0.346. The Morgan fingerprint density at radius 2 is 1.25 bits per heavy atom. The van der Waals surface area contributed by atoms with Crippen LogP contribution in [0.3, 0.4) is 0 Å². The Balaban J connectivity index is 0. The van der Waals surface area contributed by atoms with Crippen molar-refractivity contribution in [3.63, 3.8) is 0 Å². The fourth-order valence-electron chi connectivity index (χ4n) is 0. The summed E-state index contributed by atoms with van der Waals surface area (Å²) < 4.78 is 14.4. The molecule has 0 saturated carbocycles. The summed E-state index contributed by atoms with van der Waals surface area (Å²) in [6.45, 7) is 0. The number of hydrogen-bond acceptors (Lipinski definition) is 3. The van der Waals surface area contributed by atoms with Gasteiger partial charge in [-0.1, -0.05) is 0 Å². The maximum atomic E-state index is 7.21. The third-order valence-electron chi connectivity index (χ3n) is 0. The Bertz CT molecular complexity index is 6.00. The van der Waals surface area contributed by atoms with E-state index >= 15 is 0 Å². The van der Waals surface area contributed by atoms with Gasteiger partial charge in [-0.2, -0.15) is 0 Å². The topological polar surface area (TPSA) is 75.5 Å². The summed E-state index contributed by atoms with van der Waals surface area (Å²) in [5.41, 5.74) is 0. The van der Waals surface area contributed by atoms with Gasteiger partial charge in [0, 0.05) is 0 Å². The lowest BCUT2D eigenvalue weighted by Gasteiger charge is -1.45. The zero-order valence-electron chi connectivity index (χ0n) is 2.18. The molecule has 0 aliphatic heterocycles. The van der Waals surface area contributed by atoms with Crippen LogP contribution < -0.4 is 6.15 Å². The van der Waals surface area contributed by atoms with Crippen LogP contribution >= 0.6 is 0 Å². The van der Waals surface area contributed by atoms with E-state index in [1.165, 1.54) is 0 Å². The lowest BCUT2D eigenvalue weighted by molar-refractivity contribution is 0.448. The highest BCUT2D eigenvalue weighted by molar-refractivity contribution is 6.13. The van der Waals surface area contributed by atoms with Crippen molar-refractivity contribution in [2.75, 3.05) is 0 Å². The second-order valence-electron chi connectivity index (χ2n) is 0.115. The van der Waals surface area contributed by atoms with E-state index in [-0.39, 0.29) is 6.15 Å². The van der Waals surface area contributed by atoms with Crippen molar-refractivity contribution in [3.8, 4) is 0 Å². The predicted octanol–water partition coefficient (Wildman–Crippen LogP) is -1.33. The molecule has 0 unspecified atom stereocenters. The molecule has 3 nitrogen and oxygen atoms in total. The third kappa shape index (κ3) is 28.3. The Hall–Kier alpha value is 0.412. The van der Waals surface area contributed by atoms with Gasteiger partial charge >= 0.3 is 15.9 Å². The standard InChI is InChI=1S/Al.H3N.2H2O/h;1H3;2*1H2/q+2;;;/p-2. The first kappa shape index (κ1) is 8.83. The molecule has 4 heavy (non-hydrogen) atoms. The second kappa shape index (κ2) is 9.95. The molecule has 1 radical (unpaired) electrons. The van der Waals surface area contributed by atoms with Gasteiger partial charge in [-0.15, -0.1) is 0 Å². The third-order valence-corrected chi connectivity index (χ3v) is 0. The minimum Gasteiger partial charge on any atom is -0.499 e. The fourth-order valence-corrected chi connectivity index (χ4v) is 0. The quantitative estimate of drug-likeness (QED) is 0.314. The molecular formula is H5AlNO2. The van der Waals surface area contributed by atoms with E-state index in [1.54, 1.807) is 0 Å². The van der Waals surface area contributed by atoms with Gasteiger partial charge < -0.3 is 14.5 Å². The van der Waals surface area contributed by atoms with Crippen molar-refractivity contribution in [3.05, 3.63) is 0 Å². The first-order chi connectivity index (χ1) is 1.41. The van der Waals surface area contributed by atoms with Crippen molar-refractivity contribution in [2.45, 2.75) is 0 Å². The lowest BCUT2D eigenvalue weighted by Crippen LogP contribution is -1.75. The summed E-state index contributed by atoms with van der Waals surface area (Å²) in [6.07, 6.45) is 0. The molecule has 25 valence electrons. The Kier molecular flexibility index (Phi) is 22.0. The summed E-state index contributed by atoms with van der Waals surface area (Å²) in [6, 6.07) is 0. The Labute approximate surface area is 31.2 Å². The van der Waals surface area contributed by atoms with Crippen molar-refractivity contribution in [1.82, 2.24) is 6.15 Å². The van der Waals surface area contributed by atoms with Gasteiger partial charge in [-0.3, -0.25) is 0 Å². The van der Waals surface area contributed by atoms with E-state index in [1.807, 2.05) is 0 Å². The SMILES string of the molecule is N.[OH][Al][OH]. The minimum atomic E-state index is -1.25. The molecule has 0 amide bonds. The van der Waals surface area contributed by atoms with E-state index in [0.717, 1.165) is 0 Å². The molecule has 5 N–H and O–H groups in total. The smallest absolute Gasteiger partial charge is 0.499 e. The normalized spacial score (nSPS) is 3.50. The van der Waals surface area contributed by atoms with Crippen LogP contribution in [0.1, 0.15) is 0 Å². The maximum absolute atomic E-state index is 7.21. The Morgan fingerprint density at radius 1 is 1.25 bits per heavy atom. The molecule has 0 bridgehead atoms. The van der Waals surface area contributed by atoms with Crippen LogP contribution in [0.25, 0.3) is 0 Å². The molecule has 4 heteroatoms.